The summed E-state index contributed by atoms with van der Waals surface area (Å²) in [6.45, 7) is 3.93. The Bertz CT molecular complexity index is 397. The van der Waals surface area contributed by atoms with E-state index in [1.807, 2.05) is 0 Å². The first-order valence-electron chi connectivity index (χ1n) is 6.06. The highest BCUT2D eigenvalue weighted by Crippen LogP contribution is 2.20. The first kappa shape index (κ1) is 15.0. The van der Waals surface area contributed by atoms with Crippen molar-refractivity contribution in [2.75, 3.05) is 25.5 Å². The molecule has 5 heteroatoms. The summed E-state index contributed by atoms with van der Waals surface area (Å²) in [5.41, 5.74) is 6.87. The van der Waals surface area contributed by atoms with Crippen LogP contribution in [0.2, 0.25) is 0 Å². The van der Waals surface area contributed by atoms with Gasteiger partial charge in [-0.25, -0.2) is 0 Å². The van der Waals surface area contributed by atoms with E-state index >= 15 is 0 Å². The number of nitrogens with two attached hydrogens (primary N) is 1. The average molecular weight is 315 g/mol. The van der Waals surface area contributed by atoms with Crippen molar-refractivity contribution in [2.45, 2.75) is 19.8 Å². The van der Waals surface area contributed by atoms with Gasteiger partial charge in [-0.1, -0.05) is 13.3 Å². The number of hydrogen-bond donors (Lipinski definition) is 2. The second-order valence-electron chi connectivity index (χ2n) is 3.96. The number of nitrogen functional groups attached to an aromatic ring is 1. The lowest BCUT2D eigenvalue weighted by Crippen LogP contribution is -2.27. The van der Waals surface area contributed by atoms with Crippen molar-refractivity contribution in [3.63, 3.8) is 0 Å². The number of benzene rings is 1. The Morgan fingerprint density at radius 2 is 2.22 bits per heavy atom. The molecule has 0 spiro atoms. The zero-order chi connectivity index (χ0) is 13.4. The van der Waals surface area contributed by atoms with E-state index in [1.165, 1.54) is 0 Å². The van der Waals surface area contributed by atoms with E-state index in [4.69, 9.17) is 10.5 Å². The van der Waals surface area contributed by atoms with E-state index in [0.29, 0.717) is 24.4 Å². The minimum atomic E-state index is -0.116. The fraction of sp³-hybridized carbons (Fsp3) is 0.462. The predicted octanol–water partition coefficient (Wildman–Crippen LogP) is 2.58. The fourth-order valence-corrected chi connectivity index (χ4v) is 1.73. The maximum atomic E-state index is 11.8. The summed E-state index contributed by atoms with van der Waals surface area (Å²) in [6.07, 6.45) is 2.17. The molecule has 0 heterocycles. The van der Waals surface area contributed by atoms with Crippen LogP contribution in [0, 0.1) is 0 Å². The van der Waals surface area contributed by atoms with E-state index in [1.54, 1.807) is 18.2 Å². The number of nitrogens with one attached hydrogen (secondary N) is 1. The largest absolute Gasteiger partial charge is 0.398 e. The summed E-state index contributed by atoms with van der Waals surface area (Å²) in [4.78, 5) is 11.8. The average Bonchev–Trinajstić information content (AvgIpc) is 2.36. The Kier molecular flexibility index (Phi) is 6.75. The SMILES string of the molecule is CCCCOCCNC(=O)c1ccc(N)c(Br)c1. The van der Waals surface area contributed by atoms with Crippen LogP contribution in [0.1, 0.15) is 30.1 Å². The molecule has 3 N–H and O–H groups in total. The highest BCUT2D eigenvalue weighted by atomic mass is 79.9. The Hall–Kier alpha value is -1.07. The number of unbranched alkanes of at least 4 members (excludes halogenated alkanes) is 1. The Balaban J connectivity index is 2.30. The third-order valence-corrected chi connectivity index (χ3v) is 3.12. The van der Waals surface area contributed by atoms with Gasteiger partial charge >= 0.3 is 0 Å². The first-order chi connectivity index (χ1) is 8.65. The van der Waals surface area contributed by atoms with Gasteiger partial charge in [-0.05, 0) is 40.5 Å². The maximum absolute atomic E-state index is 11.8. The number of carbonyl (C=O) groups excluding carboxylic acids is 1. The number of carbonyl (C=O) groups is 1. The highest BCUT2D eigenvalue weighted by molar-refractivity contribution is 9.10. The Morgan fingerprint density at radius 1 is 1.44 bits per heavy atom. The van der Waals surface area contributed by atoms with Gasteiger partial charge in [0.15, 0.2) is 0 Å². The van der Waals surface area contributed by atoms with Crippen LogP contribution in [-0.4, -0.2) is 25.7 Å². The molecule has 1 amide bonds. The molecule has 0 atom stereocenters. The molecule has 4 nitrogen and oxygen atoms in total. The zero-order valence-electron chi connectivity index (χ0n) is 10.5. The Morgan fingerprint density at radius 3 is 2.89 bits per heavy atom. The van der Waals surface area contributed by atoms with Gasteiger partial charge in [0, 0.05) is 28.9 Å². The summed E-state index contributed by atoms with van der Waals surface area (Å²) in [7, 11) is 0. The van der Waals surface area contributed by atoms with Gasteiger partial charge in [0.1, 0.15) is 0 Å². The van der Waals surface area contributed by atoms with Crippen LogP contribution in [-0.2, 0) is 4.74 Å². The monoisotopic (exact) mass is 314 g/mol. The maximum Gasteiger partial charge on any atom is 0.251 e. The Labute approximate surface area is 116 Å². The number of ether oxygens (including phenoxy) is 1. The lowest BCUT2D eigenvalue weighted by atomic mass is 10.2. The molecule has 100 valence electrons. The van der Waals surface area contributed by atoms with Crippen LogP contribution in [0.3, 0.4) is 0 Å². The smallest absolute Gasteiger partial charge is 0.251 e. The number of halogens is 1. The van der Waals surface area contributed by atoms with Crippen LogP contribution >= 0.6 is 15.9 Å². The van der Waals surface area contributed by atoms with E-state index in [2.05, 4.69) is 28.2 Å². The molecule has 1 aromatic carbocycles. The van der Waals surface area contributed by atoms with Crippen molar-refractivity contribution in [1.29, 1.82) is 0 Å². The normalized spacial score (nSPS) is 10.3. The molecule has 0 aliphatic rings. The highest BCUT2D eigenvalue weighted by Gasteiger charge is 2.06. The molecule has 0 aliphatic heterocycles. The zero-order valence-corrected chi connectivity index (χ0v) is 12.1. The van der Waals surface area contributed by atoms with Gasteiger partial charge in [0.2, 0.25) is 0 Å². The van der Waals surface area contributed by atoms with Crippen molar-refractivity contribution in [3.05, 3.63) is 28.2 Å². The second kappa shape index (κ2) is 8.11. The van der Waals surface area contributed by atoms with Crippen molar-refractivity contribution >= 4 is 27.5 Å². The summed E-state index contributed by atoms with van der Waals surface area (Å²) >= 11 is 3.29. The van der Waals surface area contributed by atoms with Crippen LogP contribution in [0.15, 0.2) is 22.7 Å². The third-order valence-electron chi connectivity index (χ3n) is 2.44. The van der Waals surface area contributed by atoms with Crippen LogP contribution in [0.5, 0.6) is 0 Å². The third kappa shape index (κ3) is 5.06. The standard InChI is InChI=1S/C13H19BrN2O2/c1-2-3-7-18-8-6-16-13(17)10-4-5-12(15)11(14)9-10/h4-5,9H,2-3,6-8,15H2,1H3,(H,16,17). The van der Waals surface area contributed by atoms with Crippen molar-refractivity contribution in [1.82, 2.24) is 5.32 Å². The summed E-state index contributed by atoms with van der Waals surface area (Å²) in [5, 5.41) is 2.80. The molecule has 0 radical (unpaired) electrons. The van der Waals surface area contributed by atoms with Crippen LogP contribution < -0.4 is 11.1 Å². The van der Waals surface area contributed by atoms with E-state index in [-0.39, 0.29) is 5.91 Å². The van der Waals surface area contributed by atoms with E-state index in [9.17, 15) is 4.79 Å². The van der Waals surface area contributed by atoms with Gasteiger partial charge in [-0.3, -0.25) is 4.79 Å². The molecule has 0 unspecified atom stereocenters. The molecule has 0 bridgehead atoms. The molecular formula is C13H19BrN2O2. The second-order valence-corrected chi connectivity index (χ2v) is 4.81. The van der Waals surface area contributed by atoms with E-state index < -0.39 is 0 Å². The lowest BCUT2D eigenvalue weighted by molar-refractivity contribution is 0.0913. The van der Waals surface area contributed by atoms with Gasteiger partial charge in [-0.2, -0.15) is 0 Å². The quantitative estimate of drug-likeness (QED) is 0.600. The molecule has 1 aromatic rings. The summed E-state index contributed by atoms with van der Waals surface area (Å²) < 4.78 is 6.09. The topological polar surface area (TPSA) is 64.3 Å². The molecule has 0 fully saturated rings. The molecular weight excluding hydrogens is 296 g/mol. The van der Waals surface area contributed by atoms with Crippen LogP contribution in [0.25, 0.3) is 0 Å². The number of hydrogen-bond acceptors (Lipinski definition) is 3. The fourth-order valence-electron chi connectivity index (χ4n) is 1.36. The van der Waals surface area contributed by atoms with Crippen LogP contribution in [0.4, 0.5) is 5.69 Å². The van der Waals surface area contributed by atoms with Crippen molar-refractivity contribution < 1.29 is 9.53 Å². The number of rotatable bonds is 7. The molecule has 0 aromatic heterocycles. The first-order valence-corrected chi connectivity index (χ1v) is 6.85. The van der Waals surface area contributed by atoms with E-state index in [0.717, 1.165) is 23.9 Å². The molecule has 0 saturated carbocycles. The van der Waals surface area contributed by atoms with Gasteiger partial charge in [0.25, 0.3) is 5.91 Å². The van der Waals surface area contributed by atoms with Crippen molar-refractivity contribution in [2.24, 2.45) is 0 Å². The lowest BCUT2D eigenvalue weighted by Gasteiger charge is -2.07. The molecule has 18 heavy (non-hydrogen) atoms. The molecule has 0 saturated heterocycles. The number of anilines is 1. The minimum Gasteiger partial charge on any atom is -0.398 e. The predicted molar refractivity (Wildman–Crippen MR) is 76.6 cm³/mol. The van der Waals surface area contributed by atoms with Gasteiger partial charge < -0.3 is 15.8 Å². The van der Waals surface area contributed by atoms with Crippen molar-refractivity contribution in [3.8, 4) is 0 Å². The molecule has 1 rings (SSSR count). The molecule has 0 aliphatic carbocycles. The summed E-state index contributed by atoms with van der Waals surface area (Å²) in [5.74, 6) is -0.116. The number of amides is 1. The minimum absolute atomic E-state index is 0.116. The van der Waals surface area contributed by atoms with Gasteiger partial charge in [0.05, 0.1) is 6.61 Å². The summed E-state index contributed by atoms with van der Waals surface area (Å²) in [6, 6.07) is 5.12. The van der Waals surface area contributed by atoms with Gasteiger partial charge in [-0.15, -0.1) is 0 Å².